The Labute approximate surface area is 115 Å². The van der Waals surface area contributed by atoms with Gasteiger partial charge >= 0.3 is 0 Å². The van der Waals surface area contributed by atoms with Gasteiger partial charge < -0.3 is 16.2 Å². The van der Waals surface area contributed by atoms with Crippen LogP contribution in [-0.4, -0.2) is 31.9 Å². The van der Waals surface area contributed by atoms with Crippen LogP contribution in [0.3, 0.4) is 0 Å². The maximum absolute atomic E-state index is 12.0. The van der Waals surface area contributed by atoms with E-state index in [9.17, 15) is 9.90 Å². The van der Waals surface area contributed by atoms with Crippen LogP contribution in [0.2, 0.25) is 0 Å². The quantitative estimate of drug-likeness (QED) is 0.707. The third-order valence-corrected chi connectivity index (χ3v) is 3.38. The molecular weight excluding hydrogens is 258 g/mol. The van der Waals surface area contributed by atoms with Gasteiger partial charge in [-0.3, -0.25) is 4.79 Å². The lowest BCUT2D eigenvalue weighted by Crippen LogP contribution is -2.36. The molecule has 104 valence electrons. The van der Waals surface area contributed by atoms with E-state index in [4.69, 9.17) is 5.73 Å². The monoisotopic (exact) mass is 273 g/mol. The molecule has 0 saturated heterocycles. The minimum absolute atomic E-state index is 0.0234. The molecule has 20 heavy (non-hydrogen) atoms. The summed E-state index contributed by atoms with van der Waals surface area (Å²) in [4.78, 5) is 15.7. The first-order valence-electron chi connectivity index (χ1n) is 6.33. The van der Waals surface area contributed by atoms with Gasteiger partial charge in [0.25, 0.3) is 0 Å². The summed E-state index contributed by atoms with van der Waals surface area (Å²) < 4.78 is 1.36. The van der Waals surface area contributed by atoms with Crippen LogP contribution < -0.4 is 11.1 Å². The van der Waals surface area contributed by atoms with Gasteiger partial charge in [0, 0.05) is 6.42 Å². The zero-order valence-corrected chi connectivity index (χ0v) is 10.7. The Hall–Kier alpha value is -2.41. The van der Waals surface area contributed by atoms with Crippen LogP contribution in [0.1, 0.15) is 17.2 Å². The van der Waals surface area contributed by atoms with Gasteiger partial charge in [0.15, 0.2) is 0 Å². The second kappa shape index (κ2) is 4.93. The summed E-state index contributed by atoms with van der Waals surface area (Å²) in [6.45, 7) is 0.0234. The van der Waals surface area contributed by atoms with Crippen molar-refractivity contribution in [2.45, 2.75) is 25.1 Å². The lowest BCUT2D eigenvalue weighted by atomic mass is 10.1. The first-order chi connectivity index (χ1) is 9.63. The molecule has 1 aromatic heterocycles. The highest BCUT2D eigenvalue weighted by Crippen LogP contribution is 2.31. The predicted octanol–water partition coefficient (Wildman–Crippen LogP) is -0.365. The van der Waals surface area contributed by atoms with Gasteiger partial charge in [0.2, 0.25) is 11.9 Å². The Morgan fingerprint density at radius 1 is 1.50 bits per heavy atom. The number of hydrogen-bond acceptors (Lipinski definition) is 5. The SMILES string of the molecule is Nc1ncn(CC(=O)N[C@H]2c3ccccc3C[C@H]2O)n1. The van der Waals surface area contributed by atoms with Crippen LogP contribution >= 0.6 is 0 Å². The van der Waals surface area contributed by atoms with E-state index in [2.05, 4.69) is 15.4 Å². The molecule has 0 fully saturated rings. The number of aliphatic hydroxyl groups excluding tert-OH is 1. The summed E-state index contributed by atoms with van der Waals surface area (Å²) >= 11 is 0. The van der Waals surface area contributed by atoms with Gasteiger partial charge in [-0.15, -0.1) is 5.10 Å². The van der Waals surface area contributed by atoms with Gasteiger partial charge in [0.1, 0.15) is 12.9 Å². The van der Waals surface area contributed by atoms with E-state index in [1.165, 1.54) is 11.0 Å². The van der Waals surface area contributed by atoms with E-state index in [1.807, 2.05) is 24.3 Å². The topological polar surface area (TPSA) is 106 Å². The maximum Gasteiger partial charge on any atom is 0.242 e. The van der Waals surface area contributed by atoms with Crippen molar-refractivity contribution in [2.24, 2.45) is 0 Å². The number of nitrogens with zero attached hydrogens (tertiary/aromatic N) is 3. The lowest BCUT2D eigenvalue weighted by Gasteiger charge is -2.17. The van der Waals surface area contributed by atoms with Crippen molar-refractivity contribution in [3.63, 3.8) is 0 Å². The molecule has 1 amide bonds. The van der Waals surface area contributed by atoms with E-state index >= 15 is 0 Å². The molecule has 2 aromatic rings. The van der Waals surface area contributed by atoms with Crippen molar-refractivity contribution in [1.29, 1.82) is 0 Å². The average molecular weight is 273 g/mol. The summed E-state index contributed by atoms with van der Waals surface area (Å²) in [5.41, 5.74) is 7.42. The largest absolute Gasteiger partial charge is 0.390 e. The number of rotatable bonds is 3. The number of benzene rings is 1. The van der Waals surface area contributed by atoms with Crippen LogP contribution in [0.4, 0.5) is 5.95 Å². The molecule has 1 aromatic carbocycles. The number of aromatic nitrogens is 3. The number of anilines is 1. The van der Waals surface area contributed by atoms with E-state index < -0.39 is 6.10 Å². The molecule has 1 aliphatic rings. The molecule has 7 heteroatoms. The van der Waals surface area contributed by atoms with Crippen molar-refractivity contribution in [3.8, 4) is 0 Å². The molecule has 1 heterocycles. The Morgan fingerprint density at radius 3 is 3.05 bits per heavy atom. The Kier molecular flexibility index (Phi) is 3.11. The second-order valence-corrected chi connectivity index (χ2v) is 4.82. The first-order valence-corrected chi connectivity index (χ1v) is 6.33. The van der Waals surface area contributed by atoms with Crippen molar-refractivity contribution < 1.29 is 9.90 Å². The summed E-state index contributed by atoms with van der Waals surface area (Å²) in [6.07, 6.45) is 1.35. The van der Waals surface area contributed by atoms with Crippen LogP contribution in [0.5, 0.6) is 0 Å². The second-order valence-electron chi connectivity index (χ2n) is 4.82. The number of carbonyl (C=O) groups is 1. The summed E-state index contributed by atoms with van der Waals surface area (Å²) in [5.74, 6) is -0.111. The molecule has 3 rings (SSSR count). The third kappa shape index (κ3) is 2.35. The fourth-order valence-corrected chi connectivity index (χ4v) is 2.50. The highest BCUT2D eigenvalue weighted by Gasteiger charge is 2.31. The fourth-order valence-electron chi connectivity index (χ4n) is 2.50. The molecule has 0 radical (unpaired) electrons. The molecule has 0 spiro atoms. The van der Waals surface area contributed by atoms with E-state index in [0.29, 0.717) is 6.42 Å². The number of nitrogen functional groups attached to an aromatic ring is 1. The number of amides is 1. The normalized spacial score (nSPS) is 20.6. The van der Waals surface area contributed by atoms with Crippen LogP contribution in [-0.2, 0) is 17.8 Å². The molecule has 7 nitrogen and oxygen atoms in total. The molecule has 0 unspecified atom stereocenters. The molecule has 4 N–H and O–H groups in total. The third-order valence-electron chi connectivity index (χ3n) is 3.38. The molecule has 0 bridgehead atoms. The number of carbonyl (C=O) groups excluding carboxylic acids is 1. The molecule has 0 saturated carbocycles. The van der Waals surface area contributed by atoms with Crippen molar-refractivity contribution >= 4 is 11.9 Å². The number of nitrogens with one attached hydrogen (secondary N) is 1. The smallest absolute Gasteiger partial charge is 0.242 e. The molecule has 1 aliphatic carbocycles. The van der Waals surface area contributed by atoms with Crippen molar-refractivity contribution in [2.75, 3.05) is 5.73 Å². The van der Waals surface area contributed by atoms with Gasteiger partial charge in [-0.1, -0.05) is 24.3 Å². The first kappa shape index (κ1) is 12.6. The highest BCUT2D eigenvalue weighted by atomic mass is 16.3. The summed E-state index contributed by atoms with van der Waals surface area (Å²) in [7, 11) is 0. The van der Waals surface area contributed by atoms with E-state index in [1.54, 1.807) is 0 Å². The Bertz CT molecular complexity index is 639. The molecule has 2 atom stereocenters. The maximum atomic E-state index is 12.0. The number of aliphatic hydroxyl groups is 1. The molecule has 0 aliphatic heterocycles. The number of nitrogens with two attached hydrogens (primary N) is 1. The zero-order chi connectivity index (χ0) is 14.1. The fraction of sp³-hybridized carbons (Fsp3) is 0.308. The summed E-state index contributed by atoms with van der Waals surface area (Å²) in [5, 5.41) is 16.7. The van der Waals surface area contributed by atoms with Crippen molar-refractivity contribution in [1.82, 2.24) is 20.1 Å². The lowest BCUT2D eigenvalue weighted by molar-refractivity contribution is -0.123. The number of fused-ring (bicyclic) bond motifs is 1. The van der Waals surface area contributed by atoms with E-state index in [-0.39, 0.29) is 24.4 Å². The highest BCUT2D eigenvalue weighted by molar-refractivity contribution is 5.76. The van der Waals surface area contributed by atoms with Gasteiger partial charge in [0.05, 0.1) is 12.1 Å². The predicted molar refractivity (Wildman–Crippen MR) is 71.5 cm³/mol. The van der Waals surface area contributed by atoms with Gasteiger partial charge in [-0.05, 0) is 11.1 Å². The zero-order valence-electron chi connectivity index (χ0n) is 10.7. The standard InChI is InChI=1S/C13H15N5O2/c14-13-15-7-18(17-13)6-11(20)16-12-9-4-2-1-3-8(9)5-10(12)19/h1-4,7,10,12,19H,5-6H2,(H2,14,17)(H,16,20)/t10-,12+/m1/s1. The van der Waals surface area contributed by atoms with Crippen molar-refractivity contribution in [3.05, 3.63) is 41.7 Å². The Morgan fingerprint density at radius 2 is 2.30 bits per heavy atom. The average Bonchev–Trinajstić information content (AvgIpc) is 2.94. The number of hydrogen-bond donors (Lipinski definition) is 3. The minimum Gasteiger partial charge on any atom is -0.390 e. The van der Waals surface area contributed by atoms with E-state index in [0.717, 1.165) is 11.1 Å². The van der Waals surface area contributed by atoms with Gasteiger partial charge in [-0.25, -0.2) is 9.67 Å². The minimum atomic E-state index is -0.600. The Balaban J connectivity index is 1.70. The summed E-state index contributed by atoms with van der Waals surface area (Å²) in [6, 6.07) is 7.33. The van der Waals surface area contributed by atoms with Crippen LogP contribution in [0.25, 0.3) is 0 Å². The van der Waals surface area contributed by atoms with Crippen LogP contribution in [0, 0.1) is 0 Å². The molecular formula is C13H15N5O2. The van der Waals surface area contributed by atoms with Gasteiger partial charge in [-0.2, -0.15) is 0 Å². The van der Waals surface area contributed by atoms with Crippen LogP contribution in [0.15, 0.2) is 30.6 Å².